The smallest absolute Gasteiger partial charge is 0.180 e. The monoisotopic (exact) mass is 724 g/mol. The molecule has 0 bridgehead atoms. The van der Waals surface area contributed by atoms with E-state index in [9.17, 15) is 4.79 Å². The number of benzene rings is 3. The SMILES string of the molecule is CC(=O)CC(C)C.CC(C)OC(C)C.CCOc1ccccc1.Cc1ccccc1.Cc1ccccc1C.ClC(Cl)Cl.ClCCl. The van der Waals surface area contributed by atoms with Gasteiger partial charge in [-0.1, -0.05) is 127 Å². The highest BCUT2D eigenvalue weighted by molar-refractivity contribution is 6.63. The fourth-order valence-electron chi connectivity index (χ4n) is 3.00. The molecular formula is C37H57Cl5O3. The second-order valence-electron chi connectivity index (χ2n) is 10.4. The molecule has 0 radical (unpaired) electrons. The minimum Gasteiger partial charge on any atom is -0.494 e. The predicted octanol–water partition coefficient (Wildman–Crippen LogP) is 13.2. The molecule has 3 aromatic carbocycles. The van der Waals surface area contributed by atoms with Gasteiger partial charge >= 0.3 is 0 Å². The van der Waals surface area contributed by atoms with E-state index in [4.69, 9.17) is 67.5 Å². The first-order valence-electron chi connectivity index (χ1n) is 14.9. The Balaban J connectivity index is -0.000000223. The van der Waals surface area contributed by atoms with Gasteiger partial charge in [-0.05, 0) is 91.5 Å². The maximum atomic E-state index is 10.3. The van der Waals surface area contributed by atoms with Gasteiger partial charge in [0.05, 0.1) is 24.2 Å². The molecule has 0 atom stereocenters. The molecule has 0 saturated carbocycles. The van der Waals surface area contributed by atoms with Crippen molar-refractivity contribution in [1.82, 2.24) is 0 Å². The van der Waals surface area contributed by atoms with E-state index in [1.165, 1.54) is 16.7 Å². The Bertz CT molecular complexity index is 969. The molecule has 0 fully saturated rings. The van der Waals surface area contributed by atoms with Crippen LogP contribution in [0.5, 0.6) is 5.75 Å². The van der Waals surface area contributed by atoms with Gasteiger partial charge in [-0.3, -0.25) is 0 Å². The van der Waals surface area contributed by atoms with Crippen LogP contribution < -0.4 is 4.74 Å². The fourth-order valence-corrected chi connectivity index (χ4v) is 3.00. The van der Waals surface area contributed by atoms with Crippen LogP contribution in [0.15, 0.2) is 84.9 Å². The second-order valence-corrected chi connectivity index (χ2v) is 13.2. The first-order chi connectivity index (χ1) is 21.0. The Morgan fingerprint density at radius 2 is 1.00 bits per heavy atom. The van der Waals surface area contributed by atoms with Crippen molar-refractivity contribution >= 4 is 63.8 Å². The molecule has 0 aliphatic rings. The van der Waals surface area contributed by atoms with E-state index in [0.29, 0.717) is 18.1 Å². The standard InChI is InChI=1S/C8H10O.C8H10.C7H8.C6H14O.C6H12O.CHCl3.CH2Cl2/c1-2-9-8-6-4-3-5-7-8;1-7-5-3-4-6-8(7)2;1-7-5-3-2-4-6-7;1-5(2)7-6(3)4;1-5(2)4-6(3)7;2-1(3)4;2-1-3/h3-7H,2H2,1H3;3-6H,1-2H3;2-6H,1H3;5-6H,1-4H3;5H,4H2,1-3H3;1H;1H2. The van der Waals surface area contributed by atoms with Gasteiger partial charge in [0.15, 0.2) is 4.30 Å². The number of ether oxygens (including phenoxy) is 2. The number of aryl methyl sites for hydroxylation is 3. The van der Waals surface area contributed by atoms with Gasteiger partial charge in [0.1, 0.15) is 11.5 Å². The molecule has 0 unspecified atom stereocenters. The van der Waals surface area contributed by atoms with Crippen LogP contribution >= 0.6 is 58.0 Å². The number of Topliss-reactive ketones (excluding diaryl/α,β-unsaturated/α-hetero) is 1. The minimum absolute atomic E-state index is 0.194. The van der Waals surface area contributed by atoms with Crippen molar-refractivity contribution in [1.29, 1.82) is 0 Å². The highest BCUT2D eigenvalue weighted by Crippen LogP contribution is 2.07. The Kier molecular flexibility index (Phi) is 41.4. The molecule has 3 nitrogen and oxygen atoms in total. The van der Waals surface area contributed by atoms with Crippen LogP contribution in [0, 0.1) is 26.7 Å². The van der Waals surface area contributed by atoms with Crippen LogP contribution in [-0.4, -0.2) is 34.2 Å². The summed E-state index contributed by atoms with van der Waals surface area (Å²) < 4.78 is 9.71. The molecule has 0 aliphatic carbocycles. The van der Waals surface area contributed by atoms with Crippen LogP contribution in [0.25, 0.3) is 0 Å². The number of hydrogen-bond donors (Lipinski definition) is 0. The summed E-state index contributed by atoms with van der Waals surface area (Å²) in [6.45, 7) is 22.9. The van der Waals surface area contributed by atoms with Gasteiger partial charge in [-0.15, -0.1) is 23.2 Å². The molecule has 0 N–H and O–H groups in total. The van der Waals surface area contributed by atoms with E-state index in [1.807, 2.05) is 97.0 Å². The molecule has 0 spiro atoms. The van der Waals surface area contributed by atoms with Crippen molar-refractivity contribution in [3.63, 3.8) is 0 Å². The Morgan fingerprint density at radius 3 is 1.18 bits per heavy atom. The molecule has 258 valence electrons. The summed E-state index contributed by atoms with van der Waals surface area (Å²) in [5, 5.41) is 0.194. The lowest BCUT2D eigenvalue weighted by Gasteiger charge is -2.09. The third-order valence-electron chi connectivity index (χ3n) is 4.66. The van der Waals surface area contributed by atoms with Gasteiger partial charge in [-0.25, -0.2) is 0 Å². The van der Waals surface area contributed by atoms with Gasteiger partial charge in [-0.2, -0.15) is 0 Å². The summed E-state index contributed by atoms with van der Waals surface area (Å²) in [7, 11) is 0. The molecule has 45 heavy (non-hydrogen) atoms. The highest BCUT2D eigenvalue weighted by atomic mass is 35.6. The zero-order chi connectivity index (χ0) is 35.6. The largest absolute Gasteiger partial charge is 0.494 e. The first-order valence-corrected chi connectivity index (χ1v) is 17.3. The van der Waals surface area contributed by atoms with Crippen molar-refractivity contribution < 1.29 is 14.3 Å². The van der Waals surface area contributed by atoms with Crippen molar-refractivity contribution in [2.45, 2.75) is 99.1 Å². The second kappa shape index (κ2) is 37.0. The number of para-hydroxylation sites is 1. The van der Waals surface area contributed by atoms with Crippen LogP contribution in [0.3, 0.4) is 0 Å². The zero-order valence-corrected chi connectivity index (χ0v) is 32.9. The lowest BCUT2D eigenvalue weighted by atomic mass is 10.1. The molecule has 0 amide bonds. The summed E-state index contributed by atoms with van der Waals surface area (Å²) in [5.74, 6) is 1.76. The van der Waals surface area contributed by atoms with Crippen LogP contribution in [-0.2, 0) is 9.53 Å². The molecule has 3 aromatic rings. The lowest BCUT2D eigenvalue weighted by Crippen LogP contribution is -2.09. The van der Waals surface area contributed by atoms with E-state index in [2.05, 4.69) is 57.2 Å². The number of carbonyl (C=O) groups is 1. The summed E-state index contributed by atoms with van der Waals surface area (Å²) >= 11 is 23.9. The number of halogens is 5. The van der Waals surface area contributed by atoms with Gasteiger partial charge in [0.25, 0.3) is 0 Å². The first kappa shape index (κ1) is 50.4. The molecule has 0 aliphatic heterocycles. The third-order valence-corrected chi connectivity index (χ3v) is 4.66. The number of alkyl halides is 5. The quantitative estimate of drug-likeness (QED) is 0.237. The van der Waals surface area contributed by atoms with Crippen LogP contribution in [0.2, 0.25) is 0 Å². The number of carbonyl (C=O) groups excluding carboxylic acids is 1. The van der Waals surface area contributed by atoms with E-state index in [-0.39, 0.29) is 11.1 Å². The Labute approximate surface area is 300 Å². The molecule has 0 heterocycles. The van der Waals surface area contributed by atoms with Crippen LogP contribution in [0.1, 0.15) is 78.5 Å². The summed E-state index contributed by atoms with van der Waals surface area (Å²) in [5.41, 5.74) is 4.06. The number of rotatable bonds is 6. The fraction of sp³-hybridized carbons (Fsp3) is 0.486. The average Bonchev–Trinajstić information content (AvgIpc) is 2.92. The van der Waals surface area contributed by atoms with Crippen molar-refractivity contribution in [3.05, 3.63) is 102 Å². The normalized spacial score (nSPS) is 9.24. The minimum atomic E-state index is -0.750. The van der Waals surface area contributed by atoms with Gasteiger partial charge in [0, 0.05) is 6.42 Å². The highest BCUT2D eigenvalue weighted by Gasteiger charge is 1.95. The molecular weight excluding hydrogens is 670 g/mol. The van der Waals surface area contributed by atoms with E-state index in [0.717, 1.165) is 18.8 Å². The summed E-state index contributed by atoms with van der Waals surface area (Å²) in [6.07, 6.45) is 1.47. The van der Waals surface area contributed by atoms with Crippen molar-refractivity contribution in [3.8, 4) is 5.75 Å². The van der Waals surface area contributed by atoms with E-state index in [1.54, 1.807) is 6.92 Å². The predicted molar refractivity (Wildman–Crippen MR) is 204 cm³/mol. The number of hydrogen-bond acceptors (Lipinski definition) is 3. The van der Waals surface area contributed by atoms with Crippen molar-refractivity contribution in [2.24, 2.45) is 5.92 Å². The maximum Gasteiger partial charge on any atom is 0.180 e. The zero-order valence-electron chi connectivity index (χ0n) is 29.1. The average molecular weight is 727 g/mol. The lowest BCUT2D eigenvalue weighted by molar-refractivity contribution is -0.117. The maximum absolute atomic E-state index is 10.3. The van der Waals surface area contributed by atoms with Gasteiger partial charge < -0.3 is 14.3 Å². The topological polar surface area (TPSA) is 35.5 Å². The summed E-state index contributed by atoms with van der Waals surface area (Å²) in [6, 6.07) is 28.4. The molecule has 0 aromatic heterocycles. The van der Waals surface area contributed by atoms with Gasteiger partial charge in [0.2, 0.25) is 0 Å². The molecule has 3 rings (SSSR count). The van der Waals surface area contributed by atoms with Crippen LogP contribution in [0.4, 0.5) is 0 Å². The summed E-state index contributed by atoms with van der Waals surface area (Å²) in [4.78, 5) is 10.3. The Morgan fingerprint density at radius 1 is 0.667 bits per heavy atom. The molecule has 0 saturated heterocycles. The van der Waals surface area contributed by atoms with E-state index < -0.39 is 4.30 Å². The molecule has 8 heteroatoms. The Hall–Kier alpha value is -1.46. The van der Waals surface area contributed by atoms with E-state index >= 15 is 0 Å². The third kappa shape index (κ3) is 52.4. The number of ketones is 1. The van der Waals surface area contributed by atoms with Crippen molar-refractivity contribution in [2.75, 3.05) is 11.9 Å².